The highest BCUT2D eigenvalue weighted by Gasteiger charge is 2.09. The first-order chi connectivity index (χ1) is 12.1. The van der Waals surface area contributed by atoms with Gasteiger partial charge >= 0.3 is 6.09 Å². The maximum absolute atomic E-state index is 13.4. The van der Waals surface area contributed by atoms with E-state index >= 15 is 0 Å². The first-order valence-electron chi connectivity index (χ1n) is 7.79. The highest BCUT2D eigenvalue weighted by atomic mass is 19.1. The zero-order valence-corrected chi connectivity index (χ0v) is 13.6. The van der Waals surface area contributed by atoms with E-state index in [2.05, 4.69) is 10.6 Å². The van der Waals surface area contributed by atoms with Crippen molar-refractivity contribution in [3.8, 4) is 0 Å². The van der Waals surface area contributed by atoms with Crippen LogP contribution in [0.2, 0.25) is 0 Å². The van der Waals surface area contributed by atoms with E-state index in [9.17, 15) is 9.18 Å². The quantitative estimate of drug-likeness (QED) is 0.600. The summed E-state index contributed by atoms with van der Waals surface area (Å²) in [6.07, 6.45) is 1.04. The lowest BCUT2D eigenvalue weighted by atomic mass is 10.1. The zero-order valence-electron chi connectivity index (χ0n) is 13.6. The van der Waals surface area contributed by atoms with E-state index in [1.165, 1.54) is 12.1 Å². The monoisotopic (exact) mass is 343 g/mol. The van der Waals surface area contributed by atoms with Gasteiger partial charge in [0, 0.05) is 23.2 Å². The van der Waals surface area contributed by atoms with Crippen molar-refractivity contribution in [3.63, 3.8) is 0 Å². The van der Waals surface area contributed by atoms with E-state index in [1.807, 2.05) is 0 Å². The number of furan rings is 1. The summed E-state index contributed by atoms with van der Waals surface area (Å²) in [5.74, 6) is -0.311. The fourth-order valence-electron chi connectivity index (χ4n) is 2.45. The van der Waals surface area contributed by atoms with Crippen LogP contribution >= 0.6 is 0 Å². The molecule has 0 saturated heterocycles. The molecule has 2 aromatic carbocycles. The van der Waals surface area contributed by atoms with Crippen molar-refractivity contribution in [2.24, 2.45) is 0 Å². The van der Waals surface area contributed by atoms with Gasteiger partial charge in [-0.1, -0.05) is 0 Å². The molecule has 1 aromatic heterocycles. The fourth-order valence-corrected chi connectivity index (χ4v) is 2.45. The summed E-state index contributed by atoms with van der Waals surface area (Å²) < 4.78 is 23.6. The Hall–Kier alpha value is -3.22. The predicted molar refractivity (Wildman–Crippen MR) is 95.0 cm³/mol. The molecule has 6 nitrogen and oxygen atoms in total. The molecular weight excluding hydrogens is 325 g/mol. The Morgan fingerprint density at radius 1 is 1.28 bits per heavy atom. The Balaban J connectivity index is 1.69. The number of carbonyl (C=O) groups excluding carboxylic acids is 1. The van der Waals surface area contributed by atoms with E-state index in [-0.39, 0.29) is 12.4 Å². The molecule has 0 spiro atoms. The summed E-state index contributed by atoms with van der Waals surface area (Å²) in [6, 6.07) is 9.56. The minimum atomic E-state index is -0.554. The van der Waals surface area contributed by atoms with Crippen molar-refractivity contribution in [3.05, 3.63) is 54.0 Å². The van der Waals surface area contributed by atoms with Crippen molar-refractivity contribution >= 4 is 34.1 Å². The lowest BCUT2D eigenvalue weighted by Gasteiger charge is -2.11. The van der Waals surface area contributed by atoms with Crippen LogP contribution in [-0.2, 0) is 11.3 Å². The lowest BCUT2D eigenvalue weighted by molar-refractivity contribution is 0.168. The number of carbonyl (C=O) groups is 1. The Bertz CT molecular complexity index is 908. The highest BCUT2D eigenvalue weighted by molar-refractivity contribution is 5.89. The SMILES string of the molecule is CCOC(=O)Nc1ccc(NCc2coc3ccc(F)cc23)cc1N. The largest absolute Gasteiger partial charge is 0.464 e. The van der Waals surface area contributed by atoms with Crippen molar-refractivity contribution < 1.29 is 18.3 Å². The number of anilines is 3. The van der Waals surface area contributed by atoms with E-state index in [0.29, 0.717) is 23.5 Å². The Morgan fingerprint density at radius 2 is 2.12 bits per heavy atom. The third kappa shape index (κ3) is 3.82. The third-order valence-electron chi connectivity index (χ3n) is 3.66. The van der Waals surface area contributed by atoms with Crippen LogP contribution in [0.5, 0.6) is 0 Å². The average Bonchev–Trinajstić information content (AvgIpc) is 2.97. The van der Waals surface area contributed by atoms with Gasteiger partial charge in [-0.05, 0) is 43.3 Å². The van der Waals surface area contributed by atoms with Crippen molar-refractivity contribution in [2.45, 2.75) is 13.5 Å². The van der Waals surface area contributed by atoms with E-state index in [4.69, 9.17) is 14.9 Å². The summed E-state index contributed by atoms with van der Waals surface area (Å²) in [7, 11) is 0. The Labute approximate surface area is 143 Å². The molecule has 0 bridgehead atoms. The standard InChI is InChI=1S/C18H18FN3O3/c1-2-24-18(23)22-16-5-4-13(8-15(16)20)21-9-11-10-25-17-6-3-12(19)7-14(11)17/h3-8,10,21H,2,9,20H2,1H3,(H,22,23). The second kappa shape index (κ2) is 7.12. The number of ether oxygens (including phenoxy) is 1. The van der Waals surface area contributed by atoms with Gasteiger partial charge in [-0.15, -0.1) is 0 Å². The summed E-state index contributed by atoms with van der Waals surface area (Å²) >= 11 is 0. The minimum Gasteiger partial charge on any atom is -0.464 e. The molecule has 3 rings (SSSR count). The van der Waals surface area contributed by atoms with E-state index in [1.54, 1.807) is 37.5 Å². The van der Waals surface area contributed by atoms with Crippen LogP contribution in [0, 0.1) is 5.82 Å². The fraction of sp³-hybridized carbons (Fsp3) is 0.167. The number of nitrogen functional groups attached to an aromatic ring is 1. The first kappa shape index (κ1) is 16.6. The number of amides is 1. The molecule has 0 aliphatic rings. The molecule has 1 amide bonds. The molecule has 3 aromatic rings. The molecule has 0 unspecified atom stereocenters. The number of hydrogen-bond acceptors (Lipinski definition) is 5. The van der Waals surface area contributed by atoms with Crippen LogP contribution in [0.15, 0.2) is 47.1 Å². The third-order valence-corrected chi connectivity index (χ3v) is 3.66. The molecule has 25 heavy (non-hydrogen) atoms. The van der Waals surface area contributed by atoms with Gasteiger partial charge in [0.15, 0.2) is 0 Å². The summed E-state index contributed by atoms with van der Waals surface area (Å²) in [4.78, 5) is 11.4. The van der Waals surface area contributed by atoms with Gasteiger partial charge in [0.05, 0.1) is 24.2 Å². The maximum atomic E-state index is 13.4. The molecule has 0 aliphatic carbocycles. The Kier molecular flexibility index (Phi) is 4.74. The number of rotatable bonds is 5. The number of nitrogens with two attached hydrogens (primary N) is 1. The van der Waals surface area contributed by atoms with Crippen LogP contribution < -0.4 is 16.4 Å². The normalized spacial score (nSPS) is 10.6. The molecule has 7 heteroatoms. The molecule has 130 valence electrons. The number of hydrogen-bond donors (Lipinski definition) is 3. The molecule has 0 fully saturated rings. The van der Waals surface area contributed by atoms with Crippen molar-refractivity contribution in [1.29, 1.82) is 0 Å². The second-order valence-corrected chi connectivity index (χ2v) is 5.40. The van der Waals surface area contributed by atoms with Gasteiger partial charge in [-0.25, -0.2) is 9.18 Å². The van der Waals surface area contributed by atoms with Gasteiger partial charge in [0.1, 0.15) is 11.4 Å². The molecule has 1 heterocycles. The van der Waals surface area contributed by atoms with Crippen LogP contribution in [0.25, 0.3) is 11.0 Å². The van der Waals surface area contributed by atoms with Crippen LogP contribution in [0.3, 0.4) is 0 Å². The molecule has 0 atom stereocenters. The van der Waals surface area contributed by atoms with E-state index < -0.39 is 6.09 Å². The van der Waals surface area contributed by atoms with Gasteiger partial charge in [-0.3, -0.25) is 5.32 Å². The number of benzene rings is 2. The van der Waals surface area contributed by atoms with Gasteiger partial charge in [-0.2, -0.15) is 0 Å². The van der Waals surface area contributed by atoms with Crippen LogP contribution in [-0.4, -0.2) is 12.7 Å². The van der Waals surface area contributed by atoms with Crippen molar-refractivity contribution in [1.82, 2.24) is 0 Å². The van der Waals surface area contributed by atoms with E-state index in [0.717, 1.165) is 16.6 Å². The molecule has 0 saturated carbocycles. The number of fused-ring (bicyclic) bond motifs is 1. The van der Waals surface area contributed by atoms with Crippen LogP contribution in [0.1, 0.15) is 12.5 Å². The average molecular weight is 343 g/mol. The molecule has 4 N–H and O–H groups in total. The summed E-state index contributed by atoms with van der Waals surface area (Å²) in [5.41, 5.74) is 9.05. The predicted octanol–water partition coefficient (Wildman–Crippen LogP) is 4.33. The first-order valence-corrected chi connectivity index (χ1v) is 7.79. The molecular formula is C18H18FN3O3. The van der Waals surface area contributed by atoms with Gasteiger partial charge < -0.3 is 20.2 Å². The van der Waals surface area contributed by atoms with Crippen LogP contribution in [0.4, 0.5) is 26.2 Å². The summed E-state index contributed by atoms with van der Waals surface area (Å²) in [6.45, 7) is 2.45. The Morgan fingerprint density at radius 3 is 2.88 bits per heavy atom. The molecule has 0 radical (unpaired) electrons. The highest BCUT2D eigenvalue weighted by Crippen LogP contribution is 2.26. The van der Waals surface area contributed by atoms with Gasteiger partial charge in [0.2, 0.25) is 0 Å². The molecule has 0 aliphatic heterocycles. The van der Waals surface area contributed by atoms with Gasteiger partial charge in [0.25, 0.3) is 0 Å². The minimum absolute atomic E-state index is 0.282. The number of nitrogens with one attached hydrogen (secondary N) is 2. The lowest BCUT2D eigenvalue weighted by Crippen LogP contribution is -2.14. The topological polar surface area (TPSA) is 89.5 Å². The van der Waals surface area contributed by atoms with Crippen molar-refractivity contribution in [2.75, 3.05) is 23.0 Å². The second-order valence-electron chi connectivity index (χ2n) is 5.40. The summed E-state index contributed by atoms with van der Waals surface area (Å²) in [5, 5.41) is 6.49. The maximum Gasteiger partial charge on any atom is 0.411 e. The smallest absolute Gasteiger partial charge is 0.411 e. The zero-order chi connectivity index (χ0) is 17.8. The number of halogens is 1.